The SMILES string of the molecule is CCN=C(NC1C2CCOC2C1(C)C)N1CCOC(COC)C1. The van der Waals surface area contributed by atoms with Gasteiger partial charge in [-0.15, -0.1) is 0 Å². The normalized spacial score (nSPS) is 36.5. The second-order valence-electron chi connectivity index (χ2n) is 7.38. The van der Waals surface area contributed by atoms with Crippen LogP contribution in [0.25, 0.3) is 0 Å². The zero-order chi connectivity index (χ0) is 16.4. The van der Waals surface area contributed by atoms with E-state index >= 15 is 0 Å². The topological polar surface area (TPSA) is 55.3 Å². The number of aliphatic imine (C=N–C) groups is 1. The van der Waals surface area contributed by atoms with Gasteiger partial charge in [0.15, 0.2) is 5.96 Å². The Kier molecular flexibility index (Phi) is 5.13. The van der Waals surface area contributed by atoms with Crippen LogP contribution >= 0.6 is 0 Å². The number of methoxy groups -OCH3 is 1. The van der Waals surface area contributed by atoms with Crippen molar-refractivity contribution in [2.24, 2.45) is 16.3 Å². The predicted octanol–water partition coefficient (Wildman–Crippen LogP) is 1.11. The van der Waals surface area contributed by atoms with Crippen LogP contribution in [0.1, 0.15) is 27.2 Å². The minimum Gasteiger partial charge on any atom is -0.382 e. The lowest BCUT2D eigenvalue weighted by atomic mass is 9.57. The van der Waals surface area contributed by atoms with E-state index in [1.165, 1.54) is 0 Å². The van der Waals surface area contributed by atoms with Crippen molar-refractivity contribution in [1.29, 1.82) is 0 Å². The van der Waals surface area contributed by atoms with E-state index in [1.807, 2.05) is 0 Å². The van der Waals surface area contributed by atoms with Crippen molar-refractivity contribution < 1.29 is 14.2 Å². The van der Waals surface area contributed by atoms with Crippen molar-refractivity contribution in [2.45, 2.75) is 45.4 Å². The van der Waals surface area contributed by atoms with Gasteiger partial charge < -0.3 is 24.4 Å². The average Bonchev–Trinajstić information content (AvgIpc) is 2.99. The van der Waals surface area contributed by atoms with Crippen LogP contribution in [0.5, 0.6) is 0 Å². The minimum absolute atomic E-state index is 0.120. The van der Waals surface area contributed by atoms with Crippen LogP contribution in [0.15, 0.2) is 4.99 Å². The largest absolute Gasteiger partial charge is 0.382 e. The van der Waals surface area contributed by atoms with E-state index in [0.29, 0.717) is 24.7 Å². The lowest BCUT2D eigenvalue weighted by molar-refractivity contribution is -0.108. The van der Waals surface area contributed by atoms with Gasteiger partial charge in [-0.1, -0.05) is 13.8 Å². The highest BCUT2D eigenvalue weighted by atomic mass is 16.5. The molecular formula is C17H31N3O3. The quantitative estimate of drug-likeness (QED) is 0.620. The van der Waals surface area contributed by atoms with Crippen LogP contribution in [-0.4, -0.2) is 75.7 Å². The van der Waals surface area contributed by atoms with Gasteiger partial charge in [-0.3, -0.25) is 4.99 Å². The molecule has 1 saturated carbocycles. The highest BCUT2D eigenvalue weighted by molar-refractivity contribution is 5.80. The standard InChI is InChI=1S/C17H31N3O3/c1-5-18-16(20-7-9-22-12(10-20)11-21-4)19-14-13-6-8-23-15(13)17(14,2)3/h12-15H,5-11H2,1-4H3,(H,18,19). The first-order valence-corrected chi connectivity index (χ1v) is 8.86. The predicted molar refractivity (Wildman–Crippen MR) is 89.7 cm³/mol. The molecule has 3 aliphatic rings. The number of hydrogen-bond donors (Lipinski definition) is 1. The molecule has 3 fully saturated rings. The van der Waals surface area contributed by atoms with Gasteiger partial charge in [0.1, 0.15) is 0 Å². The average molecular weight is 325 g/mol. The molecule has 2 aliphatic heterocycles. The van der Waals surface area contributed by atoms with Gasteiger partial charge in [0.05, 0.1) is 25.4 Å². The van der Waals surface area contributed by atoms with E-state index in [0.717, 1.165) is 45.2 Å². The van der Waals surface area contributed by atoms with Crippen LogP contribution in [0.3, 0.4) is 0 Å². The molecule has 0 aromatic rings. The lowest BCUT2D eigenvalue weighted by Crippen LogP contribution is -2.68. The monoisotopic (exact) mass is 325 g/mol. The smallest absolute Gasteiger partial charge is 0.194 e. The lowest BCUT2D eigenvalue weighted by Gasteiger charge is -2.55. The Labute approximate surface area is 139 Å². The fourth-order valence-electron chi connectivity index (χ4n) is 4.34. The molecule has 0 aromatic carbocycles. The van der Waals surface area contributed by atoms with Crippen LogP contribution in [-0.2, 0) is 14.2 Å². The van der Waals surface area contributed by atoms with Crippen LogP contribution in [0.4, 0.5) is 0 Å². The van der Waals surface area contributed by atoms with Gasteiger partial charge in [-0.2, -0.15) is 0 Å². The summed E-state index contributed by atoms with van der Waals surface area (Å²) in [5.41, 5.74) is 0.161. The molecule has 132 valence electrons. The van der Waals surface area contributed by atoms with E-state index in [2.05, 4.69) is 31.0 Å². The summed E-state index contributed by atoms with van der Waals surface area (Å²) in [5, 5.41) is 3.75. The number of morpholine rings is 1. The van der Waals surface area contributed by atoms with Crippen molar-refractivity contribution in [3.63, 3.8) is 0 Å². The first kappa shape index (κ1) is 17.0. The molecule has 0 bridgehead atoms. The highest BCUT2D eigenvalue weighted by Crippen LogP contribution is 2.52. The Balaban J connectivity index is 1.66. The molecule has 4 atom stereocenters. The molecule has 0 spiro atoms. The van der Waals surface area contributed by atoms with Gasteiger partial charge in [-0.05, 0) is 13.3 Å². The molecule has 2 heterocycles. The third kappa shape index (κ3) is 3.21. The van der Waals surface area contributed by atoms with Gasteiger partial charge in [0.2, 0.25) is 0 Å². The molecule has 2 saturated heterocycles. The number of guanidine groups is 1. The van der Waals surface area contributed by atoms with E-state index in [9.17, 15) is 0 Å². The first-order chi connectivity index (χ1) is 11.1. The molecule has 4 unspecified atom stereocenters. The maximum atomic E-state index is 5.90. The highest BCUT2D eigenvalue weighted by Gasteiger charge is 2.59. The number of hydrogen-bond acceptors (Lipinski definition) is 4. The molecule has 1 N–H and O–H groups in total. The summed E-state index contributed by atoms with van der Waals surface area (Å²) in [4.78, 5) is 7.05. The summed E-state index contributed by atoms with van der Waals surface area (Å²) >= 11 is 0. The van der Waals surface area contributed by atoms with Gasteiger partial charge in [0, 0.05) is 50.7 Å². The van der Waals surface area contributed by atoms with E-state index in [4.69, 9.17) is 19.2 Å². The molecule has 6 nitrogen and oxygen atoms in total. The summed E-state index contributed by atoms with van der Waals surface area (Å²) in [5.74, 6) is 1.63. The Bertz CT molecular complexity index is 439. The summed E-state index contributed by atoms with van der Waals surface area (Å²) in [7, 11) is 1.72. The fraction of sp³-hybridized carbons (Fsp3) is 0.941. The van der Waals surface area contributed by atoms with Crippen molar-refractivity contribution in [2.75, 3.05) is 46.6 Å². The second-order valence-corrected chi connectivity index (χ2v) is 7.38. The number of fused-ring (bicyclic) bond motifs is 1. The number of nitrogens with one attached hydrogen (secondary N) is 1. The third-order valence-corrected chi connectivity index (χ3v) is 5.48. The Hall–Kier alpha value is -0.850. The van der Waals surface area contributed by atoms with Crippen molar-refractivity contribution in [1.82, 2.24) is 10.2 Å². The van der Waals surface area contributed by atoms with E-state index in [-0.39, 0.29) is 11.5 Å². The second kappa shape index (κ2) is 6.95. The van der Waals surface area contributed by atoms with Crippen molar-refractivity contribution in [3.05, 3.63) is 0 Å². The van der Waals surface area contributed by atoms with Crippen LogP contribution in [0, 0.1) is 11.3 Å². The number of ether oxygens (including phenoxy) is 3. The van der Waals surface area contributed by atoms with Crippen molar-refractivity contribution in [3.8, 4) is 0 Å². The third-order valence-electron chi connectivity index (χ3n) is 5.48. The fourth-order valence-corrected chi connectivity index (χ4v) is 4.34. The molecule has 0 radical (unpaired) electrons. The molecular weight excluding hydrogens is 294 g/mol. The zero-order valence-electron chi connectivity index (χ0n) is 14.9. The van der Waals surface area contributed by atoms with E-state index < -0.39 is 0 Å². The molecule has 1 aliphatic carbocycles. The van der Waals surface area contributed by atoms with Crippen molar-refractivity contribution >= 4 is 5.96 Å². The number of rotatable bonds is 4. The summed E-state index contributed by atoms with van der Waals surface area (Å²) < 4.78 is 16.9. The van der Waals surface area contributed by atoms with Gasteiger partial charge in [0.25, 0.3) is 0 Å². The molecule has 0 amide bonds. The molecule has 3 rings (SSSR count). The zero-order valence-corrected chi connectivity index (χ0v) is 14.9. The molecule has 0 aromatic heterocycles. The maximum Gasteiger partial charge on any atom is 0.194 e. The maximum absolute atomic E-state index is 5.90. The van der Waals surface area contributed by atoms with Crippen LogP contribution in [0.2, 0.25) is 0 Å². The summed E-state index contributed by atoms with van der Waals surface area (Å²) in [6.45, 7) is 11.4. The Morgan fingerprint density at radius 3 is 2.91 bits per heavy atom. The first-order valence-electron chi connectivity index (χ1n) is 8.86. The minimum atomic E-state index is 0.120. The van der Waals surface area contributed by atoms with E-state index in [1.54, 1.807) is 7.11 Å². The van der Waals surface area contributed by atoms with Gasteiger partial charge >= 0.3 is 0 Å². The van der Waals surface area contributed by atoms with Gasteiger partial charge in [-0.25, -0.2) is 0 Å². The summed E-state index contributed by atoms with van der Waals surface area (Å²) in [6.07, 6.45) is 1.67. The summed E-state index contributed by atoms with van der Waals surface area (Å²) in [6, 6.07) is 0.434. The molecule has 23 heavy (non-hydrogen) atoms. The van der Waals surface area contributed by atoms with Crippen LogP contribution < -0.4 is 5.32 Å². The Morgan fingerprint density at radius 2 is 2.17 bits per heavy atom. The Morgan fingerprint density at radius 1 is 1.35 bits per heavy atom. The number of nitrogens with zero attached hydrogens (tertiary/aromatic N) is 2. The molecule has 6 heteroatoms.